The van der Waals surface area contributed by atoms with Gasteiger partial charge in [-0.1, -0.05) is 20.8 Å². The molecule has 0 saturated carbocycles. The van der Waals surface area contributed by atoms with Crippen molar-refractivity contribution in [2.45, 2.75) is 50.4 Å². The lowest BCUT2D eigenvalue weighted by atomic mass is 9.99. The summed E-state index contributed by atoms with van der Waals surface area (Å²) in [6.07, 6.45) is -5.14. The number of halogens is 6. The van der Waals surface area contributed by atoms with Crippen molar-refractivity contribution in [3.8, 4) is 5.75 Å². The average molecular weight is 585 g/mol. The first kappa shape index (κ1) is 31.1. The van der Waals surface area contributed by atoms with Gasteiger partial charge in [-0.2, -0.15) is 17.5 Å². The SMILES string of the molecule is CC(C)(C)COC(=O)c1cc(OC(F)(F)F)ccc1S(=O)(=O)N1CCC(CNS(=O)(=O)C(F)(F)F)CC1. The van der Waals surface area contributed by atoms with Gasteiger partial charge < -0.3 is 9.47 Å². The third-order valence-electron chi connectivity index (χ3n) is 5.10. The van der Waals surface area contributed by atoms with Gasteiger partial charge in [-0.25, -0.2) is 26.4 Å². The predicted octanol–water partition coefficient (Wildman–Crippen LogP) is 3.63. The van der Waals surface area contributed by atoms with E-state index in [1.54, 1.807) is 20.8 Å². The fraction of sp³-hybridized carbons (Fsp3) is 0.650. The second-order valence-electron chi connectivity index (χ2n) is 9.49. The fourth-order valence-corrected chi connectivity index (χ4v) is 5.50. The number of ether oxygens (including phenoxy) is 2. The molecule has 2 rings (SSSR count). The Morgan fingerprint density at radius 3 is 2.08 bits per heavy atom. The molecule has 17 heteroatoms. The molecule has 0 radical (unpaired) electrons. The first-order valence-electron chi connectivity index (χ1n) is 10.8. The number of nitrogens with zero attached hydrogens (tertiary/aromatic N) is 1. The highest BCUT2D eigenvalue weighted by atomic mass is 32.2. The summed E-state index contributed by atoms with van der Waals surface area (Å²) in [6.45, 7) is 3.91. The van der Waals surface area contributed by atoms with Gasteiger partial charge in [0.2, 0.25) is 10.0 Å². The van der Waals surface area contributed by atoms with Crippen LogP contribution >= 0.6 is 0 Å². The molecule has 0 spiro atoms. The molecule has 0 amide bonds. The molecule has 37 heavy (non-hydrogen) atoms. The molecule has 1 heterocycles. The molecule has 0 aromatic heterocycles. The normalized spacial score (nSPS) is 17.0. The van der Waals surface area contributed by atoms with Crippen LogP contribution in [0.5, 0.6) is 5.75 Å². The van der Waals surface area contributed by atoms with E-state index in [4.69, 9.17) is 4.74 Å². The minimum absolute atomic E-state index is 0.0152. The number of hydrogen-bond acceptors (Lipinski definition) is 7. The zero-order valence-corrected chi connectivity index (χ0v) is 21.6. The molecular weight excluding hydrogens is 558 g/mol. The molecule has 1 aromatic rings. The number of rotatable bonds is 8. The van der Waals surface area contributed by atoms with E-state index in [2.05, 4.69) is 4.74 Å². The molecule has 0 aliphatic carbocycles. The summed E-state index contributed by atoms with van der Waals surface area (Å²) >= 11 is 0. The Hall–Kier alpha value is -2.11. The van der Waals surface area contributed by atoms with Gasteiger partial charge in [-0.3, -0.25) is 0 Å². The van der Waals surface area contributed by atoms with E-state index in [1.807, 2.05) is 0 Å². The number of alkyl halides is 6. The lowest BCUT2D eigenvalue weighted by Crippen LogP contribution is -2.44. The maximum atomic E-state index is 13.3. The molecular formula is C20H26F6N2O7S2. The Balaban J connectivity index is 2.25. The van der Waals surface area contributed by atoms with E-state index >= 15 is 0 Å². The van der Waals surface area contributed by atoms with E-state index in [0.717, 1.165) is 16.4 Å². The quantitative estimate of drug-likeness (QED) is 0.366. The predicted molar refractivity (Wildman–Crippen MR) is 117 cm³/mol. The number of hydrogen-bond donors (Lipinski definition) is 1. The van der Waals surface area contributed by atoms with Crippen LogP contribution in [0.3, 0.4) is 0 Å². The Morgan fingerprint density at radius 1 is 1.03 bits per heavy atom. The van der Waals surface area contributed by atoms with Gasteiger partial charge in [0.25, 0.3) is 0 Å². The summed E-state index contributed by atoms with van der Waals surface area (Å²) in [5, 5.41) is 0. The average Bonchev–Trinajstić information content (AvgIpc) is 2.74. The van der Waals surface area contributed by atoms with E-state index in [9.17, 15) is 48.0 Å². The van der Waals surface area contributed by atoms with Gasteiger partial charge in [0, 0.05) is 19.6 Å². The summed E-state index contributed by atoms with van der Waals surface area (Å²) in [4.78, 5) is 12.0. The highest BCUT2D eigenvalue weighted by Crippen LogP contribution is 2.31. The molecule has 1 saturated heterocycles. The van der Waals surface area contributed by atoms with Crippen LogP contribution in [0.1, 0.15) is 44.0 Å². The second kappa shape index (κ2) is 10.9. The fourth-order valence-electron chi connectivity index (χ4n) is 3.25. The van der Waals surface area contributed by atoms with Crippen molar-refractivity contribution in [1.82, 2.24) is 9.03 Å². The number of esters is 1. The van der Waals surface area contributed by atoms with Gasteiger partial charge in [0.05, 0.1) is 17.1 Å². The summed E-state index contributed by atoms with van der Waals surface area (Å²) in [6, 6.07) is 2.09. The molecule has 0 bridgehead atoms. The molecule has 0 atom stereocenters. The minimum atomic E-state index is -5.56. The summed E-state index contributed by atoms with van der Waals surface area (Å²) in [7, 11) is -10.0. The van der Waals surface area contributed by atoms with Crippen LogP contribution in [0.15, 0.2) is 23.1 Å². The number of nitrogens with one attached hydrogen (secondary N) is 1. The number of carbonyl (C=O) groups is 1. The summed E-state index contributed by atoms with van der Waals surface area (Å²) in [5.74, 6) is -2.65. The second-order valence-corrected chi connectivity index (χ2v) is 13.2. The Kier molecular flexibility index (Phi) is 9.20. The van der Waals surface area contributed by atoms with Crippen molar-refractivity contribution in [2.75, 3.05) is 26.2 Å². The van der Waals surface area contributed by atoms with Crippen LogP contribution in [0.25, 0.3) is 0 Å². The number of benzene rings is 1. The summed E-state index contributed by atoms with van der Waals surface area (Å²) < 4.78 is 136. The number of sulfonamides is 2. The molecule has 1 aliphatic rings. The van der Waals surface area contributed by atoms with Crippen molar-refractivity contribution in [2.24, 2.45) is 11.3 Å². The van der Waals surface area contributed by atoms with Crippen LogP contribution in [-0.2, 0) is 24.8 Å². The van der Waals surface area contributed by atoms with Crippen molar-refractivity contribution >= 4 is 26.0 Å². The monoisotopic (exact) mass is 584 g/mol. The van der Waals surface area contributed by atoms with Crippen LogP contribution in [0, 0.1) is 11.3 Å². The highest BCUT2D eigenvalue weighted by Gasteiger charge is 2.46. The molecule has 212 valence electrons. The first-order valence-corrected chi connectivity index (χ1v) is 13.7. The lowest BCUT2D eigenvalue weighted by Gasteiger charge is -2.31. The Morgan fingerprint density at radius 2 is 1.59 bits per heavy atom. The van der Waals surface area contributed by atoms with Crippen molar-refractivity contribution in [3.05, 3.63) is 23.8 Å². The first-order chi connectivity index (χ1) is 16.6. The largest absolute Gasteiger partial charge is 0.573 e. The van der Waals surface area contributed by atoms with Crippen LogP contribution in [0.4, 0.5) is 26.3 Å². The van der Waals surface area contributed by atoms with Crippen LogP contribution in [-0.4, -0.2) is 65.2 Å². The Bertz CT molecular complexity index is 1190. The van der Waals surface area contributed by atoms with Crippen LogP contribution in [0.2, 0.25) is 0 Å². The lowest BCUT2D eigenvalue weighted by molar-refractivity contribution is -0.274. The Labute approximate surface area is 210 Å². The molecule has 1 fully saturated rings. The van der Waals surface area contributed by atoms with Gasteiger partial charge in [-0.05, 0) is 42.4 Å². The van der Waals surface area contributed by atoms with E-state index in [0.29, 0.717) is 6.07 Å². The zero-order valence-electron chi connectivity index (χ0n) is 19.9. The summed E-state index contributed by atoms with van der Waals surface area (Å²) in [5.41, 5.74) is -6.72. The molecule has 0 unspecified atom stereocenters. The highest BCUT2D eigenvalue weighted by molar-refractivity contribution is 7.90. The maximum Gasteiger partial charge on any atom is 0.573 e. The van der Waals surface area contributed by atoms with E-state index in [1.165, 1.54) is 4.72 Å². The van der Waals surface area contributed by atoms with Gasteiger partial charge in [-0.15, -0.1) is 13.2 Å². The van der Waals surface area contributed by atoms with Crippen molar-refractivity contribution in [3.63, 3.8) is 0 Å². The number of piperidine rings is 1. The molecule has 1 aliphatic heterocycles. The molecule has 1 aromatic carbocycles. The molecule has 9 nitrogen and oxygen atoms in total. The molecule has 1 N–H and O–H groups in total. The topological polar surface area (TPSA) is 119 Å². The van der Waals surface area contributed by atoms with E-state index < -0.39 is 72.0 Å². The third kappa shape index (κ3) is 8.71. The van der Waals surface area contributed by atoms with Crippen molar-refractivity contribution < 1.29 is 57.4 Å². The minimum Gasteiger partial charge on any atom is -0.462 e. The van der Waals surface area contributed by atoms with Crippen molar-refractivity contribution in [1.29, 1.82) is 0 Å². The van der Waals surface area contributed by atoms with Gasteiger partial charge >= 0.3 is 27.9 Å². The number of carbonyl (C=O) groups excluding carboxylic acids is 1. The standard InChI is InChI=1S/C20H26F6N2O7S2/c1-18(2,3)12-34-17(29)15-10-14(35-19(21,22)23)4-5-16(15)36(30,31)28-8-6-13(7-9-28)11-27-37(32,33)20(24,25)26/h4-5,10,13,27H,6-9,11-12H2,1-3H3. The smallest absolute Gasteiger partial charge is 0.462 e. The van der Waals surface area contributed by atoms with Gasteiger partial charge in [0.15, 0.2) is 0 Å². The maximum absolute atomic E-state index is 13.3. The van der Waals surface area contributed by atoms with Gasteiger partial charge in [0.1, 0.15) is 5.75 Å². The zero-order chi connectivity index (χ0) is 28.4. The van der Waals surface area contributed by atoms with E-state index in [-0.39, 0.29) is 32.5 Å². The third-order valence-corrected chi connectivity index (χ3v) is 8.21. The van der Waals surface area contributed by atoms with Crippen LogP contribution < -0.4 is 9.46 Å².